The summed E-state index contributed by atoms with van der Waals surface area (Å²) < 4.78 is 0. The van der Waals surface area contributed by atoms with Crippen LogP contribution in [0.3, 0.4) is 0 Å². The van der Waals surface area contributed by atoms with E-state index in [1.165, 1.54) is 11.1 Å². The lowest BCUT2D eigenvalue weighted by Gasteiger charge is -2.40. The molecule has 18 heavy (non-hydrogen) atoms. The zero-order chi connectivity index (χ0) is 13.3. The Hall–Kier alpha value is -0.900. The van der Waals surface area contributed by atoms with E-state index in [1.807, 2.05) is 6.07 Å². The van der Waals surface area contributed by atoms with Gasteiger partial charge in [-0.15, -0.1) is 0 Å². The molecule has 1 aromatic carbocycles. The van der Waals surface area contributed by atoms with Gasteiger partial charge in [-0.25, -0.2) is 0 Å². The molecular weight excluding hydrogens is 224 g/mol. The molecule has 0 aromatic heterocycles. The molecule has 0 aliphatic carbocycles. The molecule has 1 fully saturated rings. The second kappa shape index (κ2) is 5.39. The number of hydrogen-bond donors (Lipinski definition) is 1. The van der Waals surface area contributed by atoms with Crippen LogP contribution in [0.4, 0.5) is 0 Å². The topological polar surface area (TPSA) is 26.7 Å². The summed E-state index contributed by atoms with van der Waals surface area (Å²) in [5, 5.41) is 10.7. The summed E-state index contributed by atoms with van der Waals surface area (Å²) in [6.07, 6.45) is -0.405. The van der Waals surface area contributed by atoms with E-state index >= 15 is 0 Å². The molecule has 1 N–H and O–H groups in total. The lowest BCUT2D eigenvalue weighted by Crippen LogP contribution is -2.52. The van der Waals surface area contributed by atoms with Crippen LogP contribution in [0, 0.1) is 13.8 Å². The third-order valence-electron chi connectivity index (χ3n) is 4.23. The van der Waals surface area contributed by atoms with Crippen molar-refractivity contribution in [2.45, 2.75) is 26.0 Å². The van der Waals surface area contributed by atoms with Gasteiger partial charge in [0.05, 0.1) is 12.1 Å². The molecule has 0 radical (unpaired) electrons. The SMILES string of the molecule is Cc1cccc(C(O)C2CN(C)CCN2C)c1C. The van der Waals surface area contributed by atoms with E-state index in [4.69, 9.17) is 0 Å². The Morgan fingerprint density at radius 1 is 1.22 bits per heavy atom. The van der Waals surface area contributed by atoms with Crippen LogP contribution in [0.25, 0.3) is 0 Å². The van der Waals surface area contributed by atoms with Crippen LogP contribution in [0.5, 0.6) is 0 Å². The van der Waals surface area contributed by atoms with Gasteiger partial charge in [0.2, 0.25) is 0 Å². The number of nitrogens with zero attached hydrogens (tertiary/aromatic N) is 2. The van der Waals surface area contributed by atoms with Crippen molar-refractivity contribution in [3.8, 4) is 0 Å². The average molecular weight is 248 g/mol. The molecule has 0 saturated carbocycles. The highest BCUT2D eigenvalue weighted by atomic mass is 16.3. The summed E-state index contributed by atoms with van der Waals surface area (Å²) in [5.41, 5.74) is 3.53. The van der Waals surface area contributed by atoms with Crippen LogP contribution >= 0.6 is 0 Å². The molecule has 2 unspecified atom stereocenters. The van der Waals surface area contributed by atoms with Crippen LogP contribution in [0.2, 0.25) is 0 Å². The minimum atomic E-state index is -0.405. The summed E-state index contributed by atoms with van der Waals surface area (Å²) in [5.74, 6) is 0. The smallest absolute Gasteiger partial charge is 0.0960 e. The van der Waals surface area contributed by atoms with Gasteiger partial charge in [0.1, 0.15) is 0 Å². The monoisotopic (exact) mass is 248 g/mol. The van der Waals surface area contributed by atoms with Gasteiger partial charge < -0.3 is 10.0 Å². The predicted octanol–water partition coefficient (Wildman–Crippen LogP) is 1.58. The molecule has 1 saturated heterocycles. The Balaban J connectivity index is 2.24. The van der Waals surface area contributed by atoms with E-state index in [2.05, 4.69) is 49.9 Å². The zero-order valence-electron chi connectivity index (χ0n) is 11.8. The first kappa shape index (κ1) is 13.5. The Morgan fingerprint density at radius 3 is 2.67 bits per heavy atom. The average Bonchev–Trinajstić information content (AvgIpc) is 2.35. The number of benzene rings is 1. The number of aliphatic hydroxyl groups is 1. The van der Waals surface area contributed by atoms with Crippen molar-refractivity contribution in [3.63, 3.8) is 0 Å². The Morgan fingerprint density at radius 2 is 1.94 bits per heavy atom. The number of piperazine rings is 1. The molecule has 2 atom stereocenters. The second-order valence-corrected chi connectivity index (χ2v) is 5.54. The summed E-state index contributed by atoms with van der Waals surface area (Å²) in [6.45, 7) is 7.21. The molecule has 0 amide bonds. The molecule has 1 aliphatic rings. The van der Waals surface area contributed by atoms with Crippen molar-refractivity contribution >= 4 is 0 Å². The van der Waals surface area contributed by atoms with Gasteiger partial charge in [0.25, 0.3) is 0 Å². The highest BCUT2D eigenvalue weighted by molar-refractivity contribution is 5.35. The van der Waals surface area contributed by atoms with Crippen molar-refractivity contribution in [2.24, 2.45) is 0 Å². The van der Waals surface area contributed by atoms with Gasteiger partial charge in [-0.05, 0) is 44.6 Å². The van der Waals surface area contributed by atoms with E-state index < -0.39 is 6.10 Å². The quantitative estimate of drug-likeness (QED) is 0.861. The van der Waals surface area contributed by atoms with Gasteiger partial charge in [0.15, 0.2) is 0 Å². The highest BCUT2D eigenvalue weighted by Gasteiger charge is 2.30. The standard InChI is InChI=1S/C15H24N2O/c1-11-6-5-7-13(12(11)2)15(18)14-10-16(3)8-9-17(14)4/h5-7,14-15,18H,8-10H2,1-4H3. The maximum absolute atomic E-state index is 10.7. The zero-order valence-corrected chi connectivity index (χ0v) is 11.8. The summed E-state index contributed by atoms with van der Waals surface area (Å²) in [7, 11) is 4.22. The predicted molar refractivity (Wildman–Crippen MR) is 74.8 cm³/mol. The molecular formula is C15H24N2O. The van der Waals surface area contributed by atoms with E-state index in [-0.39, 0.29) is 6.04 Å². The molecule has 0 bridgehead atoms. The number of aliphatic hydroxyl groups excluding tert-OH is 1. The van der Waals surface area contributed by atoms with Gasteiger partial charge in [-0.3, -0.25) is 4.90 Å². The second-order valence-electron chi connectivity index (χ2n) is 5.54. The molecule has 0 spiro atoms. The first-order valence-corrected chi connectivity index (χ1v) is 6.63. The molecule has 3 nitrogen and oxygen atoms in total. The van der Waals surface area contributed by atoms with Crippen LogP contribution in [-0.2, 0) is 0 Å². The molecule has 3 heteroatoms. The van der Waals surface area contributed by atoms with Crippen molar-refractivity contribution in [1.29, 1.82) is 0 Å². The number of likely N-dealkylation sites (N-methyl/N-ethyl adjacent to an activating group) is 2. The van der Waals surface area contributed by atoms with E-state index in [9.17, 15) is 5.11 Å². The molecule has 2 rings (SSSR count). The van der Waals surface area contributed by atoms with E-state index in [0.29, 0.717) is 0 Å². The Bertz CT molecular complexity index is 419. The lowest BCUT2D eigenvalue weighted by atomic mass is 9.93. The van der Waals surface area contributed by atoms with Gasteiger partial charge >= 0.3 is 0 Å². The number of rotatable bonds is 2. The molecule has 1 heterocycles. The highest BCUT2D eigenvalue weighted by Crippen LogP contribution is 2.26. The fourth-order valence-electron chi connectivity index (χ4n) is 2.69. The van der Waals surface area contributed by atoms with Gasteiger partial charge in [0, 0.05) is 19.6 Å². The minimum Gasteiger partial charge on any atom is -0.387 e. The maximum atomic E-state index is 10.7. The minimum absolute atomic E-state index is 0.184. The summed E-state index contributed by atoms with van der Waals surface area (Å²) >= 11 is 0. The summed E-state index contributed by atoms with van der Waals surface area (Å²) in [4.78, 5) is 4.56. The van der Waals surface area contributed by atoms with Crippen LogP contribution in [0.15, 0.2) is 18.2 Å². The third-order valence-corrected chi connectivity index (χ3v) is 4.23. The maximum Gasteiger partial charge on any atom is 0.0960 e. The molecule has 100 valence electrons. The van der Waals surface area contributed by atoms with Crippen LogP contribution < -0.4 is 0 Å². The fourth-order valence-corrected chi connectivity index (χ4v) is 2.69. The van der Waals surface area contributed by atoms with Crippen LogP contribution in [0.1, 0.15) is 22.8 Å². The Labute approximate surface area is 110 Å². The fraction of sp³-hybridized carbons (Fsp3) is 0.600. The van der Waals surface area contributed by atoms with E-state index in [1.54, 1.807) is 0 Å². The van der Waals surface area contributed by atoms with Gasteiger partial charge in [-0.1, -0.05) is 18.2 Å². The molecule has 1 aromatic rings. The first-order valence-electron chi connectivity index (χ1n) is 6.63. The van der Waals surface area contributed by atoms with Crippen molar-refractivity contribution in [1.82, 2.24) is 9.80 Å². The van der Waals surface area contributed by atoms with Crippen molar-refractivity contribution in [2.75, 3.05) is 33.7 Å². The number of hydrogen-bond acceptors (Lipinski definition) is 3. The number of aryl methyl sites for hydroxylation is 1. The first-order chi connectivity index (χ1) is 8.50. The summed E-state index contributed by atoms with van der Waals surface area (Å²) in [6, 6.07) is 6.37. The van der Waals surface area contributed by atoms with Crippen molar-refractivity contribution < 1.29 is 5.11 Å². The lowest BCUT2D eigenvalue weighted by molar-refractivity contribution is 0.0135. The van der Waals surface area contributed by atoms with Crippen LogP contribution in [-0.4, -0.2) is 54.7 Å². The van der Waals surface area contributed by atoms with E-state index in [0.717, 1.165) is 25.2 Å². The van der Waals surface area contributed by atoms with Gasteiger partial charge in [-0.2, -0.15) is 0 Å². The Kier molecular flexibility index (Phi) is 4.05. The largest absolute Gasteiger partial charge is 0.387 e. The molecule has 1 aliphatic heterocycles. The normalized spacial score (nSPS) is 24.2. The third kappa shape index (κ3) is 2.58. The van der Waals surface area contributed by atoms with Crippen molar-refractivity contribution in [3.05, 3.63) is 34.9 Å².